The van der Waals surface area contributed by atoms with Gasteiger partial charge in [0.1, 0.15) is 0 Å². The van der Waals surface area contributed by atoms with E-state index in [1.807, 2.05) is 0 Å². The molecule has 2 aliphatic heterocycles. The van der Waals surface area contributed by atoms with Gasteiger partial charge in [0.25, 0.3) is 0 Å². The highest BCUT2D eigenvalue weighted by Gasteiger charge is 2.49. The van der Waals surface area contributed by atoms with Gasteiger partial charge in [-0.3, -0.25) is 9.80 Å². The highest BCUT2D eigenvalue weighted by Crippen LogP contribution is 2.36. The molecular weight excluding hydrogens is 250 g/mol. The average molecular weight is 283 g/mol. The summed E-state index contributed by atoms with van der Waals surface area (Å²) in [5.74, 6) is 0. The molecule has 2 saturated heterocycles. The SMILES string of the molecule is CC(C)N1CCC(CN)(N2CC(C)(C)OC(C)(C)C2)C1. The van der Waals surface area contributed by atoms with E-state index in [4.69, 9.17) is 10.5 Å². The molecule has 1 atom stereocenters. The van der Waals surface area contributed by atoms with Gasteiger partial charge in [0, 0.05) is 44.3 Å². The monoisotopic (exact) mass is 283 g/mol. The van der Waals surface area contributed by atoms with Crippen LogP contribution in [0.2, 0.25) is 0 Å². The topological polar surface area (TPSA) is 41.7 Å². The molecule has 0 aromatic heterocycles. The van der Waals surface area contributed by atoms with Crippen molar-refractivity contribution in [2.45, 2.75) is 70.7 Å². The van der Waals surface area contributed by atoms with Crippen molar-refractivity contribution < 1.29 is 4.74 Å². The number of hydrogen-bond acceptors (Lipinski definition) is 4. The zero-order valence-electron chi connectivity index (χ0n) is 14.2. The molecule has 0 radical (unpaired) electrons. The first-order valence-corrected chi connectivity index (χ1v) is 7.99. The maximum Gasteiger partial charge on any atom is 0.0761 e. The first kappa shape index (κ1) is 16.2. The molecule has 0 aromatic carbocycles. The van der Waals surface area contributed by atoms with Crippen molar-refractivity contribution in [2.24, 2.45) is 5.73 Å². The van der Waals surface area contributed by atoms with Crippen LogP contribution in [-0.2, 0) is 4.74 Å². The Hall–Kier alpha value is -0.160. The Morgan fingerprint density at radius 3 is 2.00 bits per heavy atom. The molecule has 4 heteroatoms. The number of rotatable bonds is 3. The molecular formula is C16H33N3O. The summed E-state index contributed by atoms with van der Waals surface area (Å²) in [5, 5.41) is 0. The summed E-state index contributed by atoms with van der Waals surface area (Å²) in [5.41, 5.74) is 6.15. The van der Waals surface area contributed by atoms with Crippen LogP contribution in [0.25, 0.3) is 0 Å². The van der Waals surface area contributed by atoms with E-state index in [9.17, 15) is 0 Å². The number of ether oxygens (including phenoxy) is 1. The molecule has 20 heavy (non-hydrogen) atoms. The van der Waals surface area contributed by atoms with Gasteiger partial charge in [-0.1, -0.05) is 0 Å². The highest BCUT2D eigenvalue weighted by atomic mass is 16.5. The van der Waals surface area contributed by atoms with Gasteiger partial charge >= 0.3 is 0 Å². The summed E-state index contributed by atoms with van der Waals surface area (Å²) < 4.78 is 6.22. The van der Waals surface area contributed by atoms with E-state index in [1.54, 1.807) is 0 Å². The first-order valence-electron chi connectivity index (χ1n) is 7.99. The largest absolute Gasteiger partial charge is 0.367 e. The van der Waals surface area contributed by atoms with Crippen molar-refractivity contribution >= 4 is 0 Å². The van der Waals surface area contributed by atoms with E-state index >= 15 is 0 Å². The fraction of sp³-hybridized carbons (Fsp3) is 1.00. The minimum atomic E-state index is -0.102. The van der Waals surface area contributed by atoms with Crippen LogP contribution in [0.4, 0.5) is 0 Å². The third kappa shape index (κ3) is 3.19. The Morgan fingerprint density at radius 2 is 1.60 bits per heavy atom. The maximum absolute atomic E-state index is 6.23. The molecule has 0 aromatic rings. The van der Waals surface area contributed by atoms with Gasteiger partial charge in [-0.2, -0.15) is 0 Å². The van der Waals surface area contributed by atoms with E-state index in [-0.39, 0.29) is 16.7 Å². The van der Waals surface area contributed by atoms with Crippen LogP contribution in [0.3, 0.4) is 0 Å². The predicted octanol–water partition coefficient (Wildman–Crippen LogP) is 1.69. The van der Waals surface area contributed by atoms with E-state index in [0.717, 1.165) is 32.7 Å². The van der Waals surface area contributed by atoms with E-state index in [0.29, 0.717) is 6.04 Å². The number of likely N-dealkylation sites (tertiary alicyclic amines) is 1. The van der Waals surface area contributed by atoms with Crippen molar-refractivity contribution in [3.8, 4) is 0 Å². The second-order valence-electron chi connectivity index (χ2n) is 8.22. The van der Waals surface area contributed by atoms with Crippen molar-refractivity contribution in [1.82, 2.24) is 9.80 Å². The third-order valence-electron chi connectivity index (χ3n) is 4.84. The Balaban J connectivity index is 2.19. The number of hydrogen-bond donors (Lipinski definition) is 1. The van der Waals surface area contributed by atoms with Gasteiger partial charge in [-0.15, -0.1) is 0 Å². The van der Waals surface area contributed by atoms with Gasteiger partial charge in [0.15, 0.2) is 0 Å². The second kappa shape index (κ2) is 5.24. The summed E-state index contributed by atoms with van der Waals surface area (Å²) in [7, 11) is 0. The molecule has 2 rings (SSSR count). The summed E-state index contributed by atoms with van der Waals surface area (Å²) >= 11 is 0. The van der Waals surface area contributed by atoms with Crippen LogP contribution in [0, 0.1) is 0 Å². The lowest BCUT2D eigenvalue weighted by molar-refractivity contribution is -0.197. The quantitative estimate of drug-likeness (QED) is 0.856. The molecule has 4 nitrogen and oxygen atoms in total. The van der Waals surface area contributed by atoms with E-state index in [2.05, 4.69) is 51.3 Å². The normalized spacial score (nSPS) is 34.8. The number of morpholine rings is 1. The van der Waals surface area contributed by atoms with E-state index in [1.165, 1.54) is 6.42 Å². The molecule has 0 aliphatic carbocycles. The first-order chi connectivity index (χ1) is 9.09. The van der Waals surface area contributed by atoms with Crippen LogP contribution >= 0.6 is 0 Å². The lowest BCUT2D eigenvalue weighted by Gasteiger charge is -2.53. The summed E-state index contributed by atoms with van der Waals surface area (Å²) in [4.78, 5) is 5.17. The Labute approximate surface area is 124 Å². The zero-order valence-corrected chi connectivity index (χ0v) is 14.2. The molecule has 2 fully saturated rings. The van der Waals surface area contributed by atoms with Crippen LogP contribution in [0.1, 0.15) is 48.0 Å². The second-order valence-corrected chi connectivity index (χ2v) is 8.22. The van der Waals surface area contributed by atoms with Gasteiger partial charge in [-0.05, 0) is 48.0 Å². The standard InChI is InChI=1S/C16H33N3O/c1-13(2)18-8-7-16(9-17,12-18)19-10-14(3,4)20-15(5,6)11-19/h13H,7-12,17H2,1-6H3. The molecule has 118 valence electrons. The Bertz CT molecular complexity index is 338. The van der Waals surface area contributed by atoms with E-state index < -0.39 is 0 Å². The zero-order chi connectivity index (χ0) is 15.2. The Morgan fingerprint density at radius 1 is 1.05 bits per heavy atom. The number of nitrogens with zero attached hydrogens (tertiary/aromatic N) is 2. The fourth-order valence-electron chi connectivity index (χ4n) is 4.01. The molecule has 0 spiro atoms. The van der Waals surface area contributed by atoms with Gasteiger partial charge in [0.2, 0.25) is 0 Å². The smallest absolute Gasteiger partial charge is 0.0761 e. The minimum Gasteiger partial charge on any atom is -0.367 e. The molecule has 2 heterocycles. The van der Waals surface area contributed by atoms with Crippen LogP contribution in [0.15, 0.2) is 0 Å². The number of nitrogens with two attached hydrogens (primary N) is 1. The van der Waals surface area contributed by atoms with Crippen molar-refractivity contribution in [3.63, 3.8) is 0 Å². The molecule has 0 bridgehead atoms. The average Bonchev–Trinajstić information content (AvgIpc) is 2.70. The van der Waals surface area contributed by atoms with Crippen molar-refractivity contribution in [3.05, 3.63) is 0 Å². The van der Waals surface area contributed by atoms with Crippen LogP contribution in [-0.4, -0.2) is 65.3 Å². The molecule has 2 aliphatic rings. The van der Waals surface area contributed by atoms with Crippen molar-refractivity contribution in [1.29, 1.82) is 0 Å². The van der Waals surface area contributed by atoms with Crippen LogP contribution in [0.5, 0.6) is 0 Å². The molecule has 0 saturated carbocycles. The summed E-state index contributed by atoms with van der Waals surface area (Å²) in [6, 6.07) is 0.602. The molecule has 1 unspecified atom stereocenters. The third-order valence-corrected chi connectivity index (χ3v) is 4.84. The lowest BCUT2D eigenvalue weighted by atomic mass is 9.89. The maximum atomic E-state index is 6.23. The van der Waals surface area contributed by atoms with Gasteiger partial charge < -0.3 is 10.5 Å². The van der Waals surface area contributed by atoms with Crippen molar-refractivity contribution in [2.75, 3.05) is 32.7 Å². The molecule has 0 amide bonds. The van der Waals surface area contributed by atoms with Gasteiger partial charge in [-0.25, -0.2) is 0 Å². The van der Waals surface area contributed by atoms with Gasteiger partial charge in [0.05, 0.1) is 11.2 Å². The summed E-state index contributed by atoms with van der Waals surface area (Å²) in [6.45, 7) is 18.3. The Kier molecular flexibility index (Phi) is 4.25. The molecule has 2 N–H and O–H groups in total. The predicted molar refractivity (Wildman–Crippen MR) is 83.9 cm³/mol. The minimum absolute atomic E-state index is 0.102. The summed E-state index contributed by atoms with van der Waals surface area (Å²) in [6.07, 6.45) is 1.17. The van der Waals surface area contributed by atoms with Crippen LogP contribution < -0.4 is 5.73 Å². The fourth-order valence-corrected chi connectivity index (χ4v) is 4.01. The lowest BCUT2D eigenvalue weighted by Crippen LogP contribution is -2.67. The highest BCUT2D eigenvalue weighted by molar-refractivity contribution is 5.05.